The van der Waals surface area contributed by atoms with Crippen molar-refractivity contribution < 1.29 is 33.4 Å². The van der Waals surface area contributed by atoms with Gasteiger partial charge in [0.1, 0.15) is 6.61 Å². The molecule has 9 heteroatoms. The summed E-state index contributed by atoms with van der Waals surface area (Å²) in [5, 5.41) is 5.21. The van der Waals surface area contributed by atoms with Crippen LogP contribution in [0.15, 0.2) is 65.9 Å². The smallest absolute Gasteiger partial charge is 0.339 e. The molecule has 1 aliphatic rings. The van der Waals surface area contributed by atoms with Crippen LogP contribution in [0.25, 0.3) is 0 Å². The van der Waals surface area contributed by atoms with Crippen LogP contribution in [0.4, 0.5) is 4.79 Å². The number of amides is 2. The first-order chi connectivity index (χ1) is 15.5. The van der Waals surface area contributed by atoms with Crippen LogP contribution in [0.2, 0.25) is 0 Å². The van der Waals surface area contributed by atoms with Gasteiger partial charge in [-0.2, -0.15) is 0 Å². The summed E-state index contributed by atoms with van der Waals surface area (Å²) in [6.45, 7) is 1.37. The van der Waals surface area contributed by atoms with Gasteiger partial charge in [0, 0.05) is 0 Å². The van der Waals surface area contributed by atoms with E-state index in [0.29, 0.717) is 5.56 Å². The number of urea groups is 1. The van der Waals surface area contributed by atoms with Crippen molar-refractivity contribution in [2.24, 2.45) is 0 Å². The third kappa shape index (κ3) is 4.94. The number of nitrogens with one attached hydrogen (secondary N) is 2. The number of rotatable bonds is 7. The number of hydrogen-bond donors (Lipinski definition) is 2. The Hall–Kier alpha value is -4.14. The first-order valence-electron chi connectivity index (χ1n) is 9.83. The third-order valence-corrected chi connectivity index (χ3v) is 4.68. The molecule has 0 aliphatic carbocycles. The van der Waals surface area contributed by atoms with E-state index in [2.05, 4.69) is 10.6 Å². The molecule has 2 amide bonds. The summed E-state index contributed by atoms with van der Waals surface area (Å²) < 4.78 is 15.2. The lowest BCUT2D eigenvalue weighted by molar-refractivity contribution is -0.139. The average molecular weight is 438 g/mol. The SMILES string of the molecule is CCOC(=O)C1=C(COC(=O)c2ccccc2C(=O)OC)NC(=O)NC1c1ccccc1. The van der Waals surface area contributed by atoms with E-state index in [0.717, 1.165) is 0 Å². The molecule has 2 aromatic rings. The molecule has 2 aromatic carbocycles. The minimum atomic E-state index is -0.814. The van der Waals surface area contributed by atoms with E-state index in [9.17, 15) is 19.2 Å². The molecule has 1 aliphatic heterocycles. The average Bonchev–Trinajstić information content (AvgIpc) is 2.82. The van der Waals surface area contributed by atoms with Gasteiger partial charge >= 0.3 is 23.9 Å². The molecule has 32 heavy (non-hydrogen) atoms. The van der Waals surface area contributed by atoms with Gasteiger partial charge in [-0.1, -0.05) is 42.5 Å². The minimum absolute atomic E-state index is 0.00231. The first kappa shape index (κ1) is 22.5. The molecule has 9 nitrogen and oxygen atoms in total. The van der Waals surface area contributed by atoms with Crippen molar-refractivity contribution in [2.45, 2.75) is 13.0 Å². The van der Waals surface area contributed by atoms with Gasteiger partial charge < -0.3 is 24.8 Å². The molecule has 0 saturated carbocycles. The maximum absolute atomic E-state index is 12.7. The molecule has 1 unspecified atom stereocenters. The van der Waals surface area contributed by atoms with Gasteiger partial charge in [0.25, 0.3) is 0 Å². The molecule has 0 radical (unpaired) electrons. The van der Waals surface area contributed by atoms with Crippen molar-refractivity contribution in [1.82, 2.24) is 10.6 Å². The highest BCUT2D eigenvalue weighted by atomic mass is 16.5. The van der Waals surface area contributed by atoms with Crippen LogP contribution in [0.1, 0.15) is 39.2 Å². The third-order valence-electron chi connectivity index (χ3n) is 4.68. The number of carbonyl (C=O) groups is 4. The maximum Gasteiger partial charge on any atom is 0.339 e. The molecule has 0 spiro atoms. The first-order valence-corrected chi connectivity index (χ1v) is 9.83. The van der Waals surface area contributed by atoms with Crippen LogP contribution >= 0.6 is 0 Å². The van der Waals surface area contributed by atoms with E-state index in [-0.39, 0.29) is 29.0 Å². The van der Waals surface area contributed by atoms with E-state index >= 15 is 0 Å². The predicted molar refractivity (Wildman–Crippen MR) is 113 cm³/mol. The molecule has 2 N–H and O–H groups in total. The number of hydrogen-bond acceptors (Lipinski definition) is 7. The zero-order valence-corrected chi connectivity index (χ0v) is 17.5. The standard InChI is InChI=1S/C23H22N2O7/c1-3-31-22(28)18-17(24-23(29)25-19(18)14-9-5-4-6-10-14)13-32-21(27)16-12-8-7-11-15(16)20(26)30-2/h4-12,19H,3,13H2,1-2H3,(H2,24,25,29). The van der Waals surface area contributed by atoms with Crippen molar-refractivity contribution >= 4 is 23.9 Å². The zero-order valence-electron chi connectivity index (χ0n) is 17.5. The second kappa shape index (κ2) is 10.3. The number of ether oxygens (including phenoxy) is 3. The Morgan fingerprint density at radius 3 is 2.12 bits per heavy atom. The summed E-state index contributed by atoms with van der Waals surface area (Å²) in [6, 6.07) is 13.5. The summed E-state index contributed by atoms with van der Waals surface area (Å²) >= 11 is 0. The van der Waals surface area contributed by atoms with Crippen LogP contribution < -0.4 is 10.6 Å². The highest BCUT2D eigenvalue weighted by molar-refractivity contribution is 6.03. The van der Waals surface area contributed by atoms with Crippen molar-refractivity contribution in [1.29, 1.82) is 0 Å². The molecule has 0 aromatic heterocycles. The fraction of sp³-hybridized carbons (Fsp3) is 0.217. The van der Waals surface area contributed by atoms with Crippen LogP contribution in [0, 0.1) is 0 Å². The lowest BCUT2D eigenvalue weighted by Crippen LogP contribution is -2.47. The molecule has 1 atom stereocenters. The normalized spacial score (nSPS) is 15.3. The van der Waals surface area contributed by atoms with E-state index < -0.39 is 36.6 Å². The quantitative estimate of drug-likeness (QED) is 0.503. The van der Waals surface area contributed by atoms with Gasteiger partial charge in [-0.25, -0.2) is 19.2 Å². The van der Waals surface area contributed by atoms with Gasteiger partial charge in [-0.05, 0) is 24.6 Å². The second-order valence-electron chi connectivity index (χ2n) is 6.67. The summed E-state index contributed by atoms with van der Waals surface area (Å²) in [7, 11) is 1.20. The maximum atomic E-state index is 12.7. The summed E-state index contributed by atoms with van der Waals surface area (Å²) in [5.74, 6) is -2.16. The minimum Gasteiger partial charge on any atom is -0.465 e. The Morgan fingerprint density at radius 2 is 1.50 bits per heavy atom. The number of esters is 3. The number of benzene rings is 2. The number of carbonyl (C=O) groups excluding carboxylic acids is 4. The summed E-state index contributed by atoms with van der Waals surface area (Å²) in [5.41, 5.74) is 0.899. The van der Waals surface area contributed by atoms with E-state index in [1.807, 2.05) is 6.07 Å². The summed E-state index contributed by atoms with van der Waals surface area (Å²) in [6.07, 6.45) is 0. The fourth-order valence-electron chi connectivity index (χ4n) is 3.24. The predicted octanol–water partition coefficient (Wildman–Crippen LogP) is 2.50. The van der Waals surface area contributed by atoms with Crippen LogP contribution in [0.3, 0.4) is 0 Å². The van der Waals surface area contributed by atoms with Gasteiger partial charge in [0.2, 0.25) is 0 Å². The van der Waals surface area contributed by atoms with Crippen molar-refractivity contribution in [3.63, 3.8) is 0 Å². The summed E-state index contributed by atoms with van der Waals surface area (Å²) in [4.78, 5) is 49.6. The van der Waals surface area contributed by atoms with Crippen LogP contribution in [-0.4, -0.2) is 44.3 Å². The van der Waals surface area contributed by atoms with Crippen molar-refractivity contribution in [3.05, 3.63) is 82.6 Å². The molecular formula is C23H22N2O7. The molecule has 166 valence electrons. The van der Waals surface area contributed by atoms with Crippen LogP contribution in [0.5, 0.6) is 0 Å². The largest absolute Gasteiger partial charge is 0.465 e. The van der Waals surface area contributed by atoms with E-state index in [1.54, 1.807) is 43.3 Å². The fourth-order valence-corrected chi connectivity index (χ4v) is 3.24. The monoisotopic (exact) mass is 438 g/mol. The highest BCUT2D eigenvalue weighted by Gasteiger charge is 2.34. The Labute approximate surface area is 184 Å². The molecular weight excluding hydrogens is 416 g/mol. The van der Waals surface area contributed by atoms with Crippen molar-refractivity contribution in [3.8, 4) is 0 Å². The Balaban J connectivity index is 1.92. The van der Waals surface area contributed by atoms with Crippen molar-refractivity contribution in [2.75, 3.05) is 20.3 Å². The molecule has 0 fully saturated rings. The van der Waals surface area contributed by atoms with Gasteiger partial charge in [-0.3, -0.25) is 0 Å². The lowest BCUT2D eigenvalue weighted by atomic mass is 9.95. The molecule has 1 heterocycles. The number of methoxy groups -OCH3 is 1. The van der Waals surface area contributed by atoms with Gasteiger partial charge in [0.05, 0.1) is 42.2 Å². The molecule has 0 bridgehead atoms. The van der Waals surface area contributed by atoms with E-state index in [4.69, 9.17) is 14.2 Å². The molecule has 0 saturated heterocycles. The Morgan fingerprint density at radius 1 is 0.875 bits per heavy atom. The van der Waals surface area contributed by atoms with E-state index in [1.165, 1.54) is 19.2 Å². The Bertz CT molecular complexity index is 1060. The van der Waals surface area contributed by atoms with Gasteiger partial charge in [-0.15, -0.1) is 0 Å². The topological polar surface area (TPSA) is 120 Å². The second-order valence-corrected chi connectivity index (χ2v) is 6.67. The lowest BCUT2D eigenvalue weighted by Gasteiger charge is -2.29. The zero-order chi connectivity index (χ0) is 23.1. The van der Waals surface area contributed by atoms with Gasteiger partial charge in [0.15, 0.2) is 0 Å². The van der Waals surface area contributed by atoms with Crippen LogP contribution in [-0.2, 0) is 19.0 Å². The highest BCUT2D eigenvalue weighted by Crippen LogP contribution is 2.28. The Kier molecular flexibility index (Phi) is 7.22. The molecule has 3 rings (SSSR count).